The Hall–Kier alpha value is -2.25. The third-order valence-corrected chi connectivity index (χ3v) is 6.56. The third-order valence-electron chi connectivity index (χ3n) is 5.03. The highest BCUT2D eigenvalue weighted by Crippen LogP contribution is 2.30. The van der Waals surface area contributed by atoms with Gasteiger partial charge in [0.25, 0.3) is 0 Å². The van der Waals surface area contributed by atoms with Crippen LogP contribution in [0.3, 0.4) is 0 Å². The van der Waals surface area contributed by atoms with Crippen LogP contribution < -0.4 is 5.63 Å². The molecule has 4 heterocycles. The number of fused-ring (bicyclic) bond motifs is 2. The van der Waals surface area contributed by atoms with Crippen molar-refractivity contribution in [1.29, 1.82) is 0 Å². The minimum absolute atomic E-state index is 0.397. The molecule has 1 aromatic carbocycles. The summed E-state index contributed by atoms with van der Waals surface area (Å²) in [5.41, 5.74) is 2.59. The Morgan fingerprint density at radius 2 is 2.14 bits per heavy atom. The predicted molar refractivity (Wildman–Crippen MR) is 116 cm³/mol. The van der Waals surface area contributed by atoms with Gasteiger partial charge in [-0.05, 0) is 29.6 Å². The van der Waals surface area contributed by atoms with Crippen LogP contribution in [0.4, 0.5) is 0 Å². The minimum Gasteiger partial charge on any atom is -0.422 e. The average molecular weight is 444 g/mol. The van der Waals surface area contributed by atoms with Gasteiger partial charge in [0.15, 0.2) is 5.82 Å². The van der Waals surface area contributed by atoms with Crippen LogP contribution in [-0.2, 0) is 19.5 Å². The minimum atomic E-state index is -0.417. The van der Waals surface area contributed by atoms with Gasteiger partial charge in [0.05, 0.1) is 21.2 Å². The van der Waals surface area contributed by atoms with Gasteiger partial charge in [0.2, 0.25) is 0 Å². The molecule has 0 N–H and O–H groups in total. The van der Waals surface area contributed by atoms with Gasteiger partial charge in [-0.25, -0.2) is 14.8 Å². The first-order chi connectivity index (χ1) is 14.1. The second-order valence-electron chi connectivity index (χ2n) is 6.93. The van der Waals surface area contributed by atoms with Crippen molar-refractivity contribution in [3.8, 4) is 10.7 Å². The Bertz CT molecular complexity index is 1270. The third kappa shape index (κ3) is 3.57. The molecule has 0 saturated carbocycles. The molecule has 1 aliphatic rings. The Kier molecular flexibility index (Phi) is 4.87. The Morgan fingerprint density at radius 1 is 1.24 bits per heavy atom. The van der Waals surface area contributed by atoms with Gasteiger partial charge in [-0.15, -0.1) is 11.3 Å². The van der Waals surface area contributed by atoms with Crippen LogP contribution in [0.15, 0.2) is 51.1 Å². The zero-order valence-corrected chi connectivity index (χ0v) is 17.5. The van der Waals surface area contributed by atoms with Crippen molar-refractivity contribution < 1.29 is 4.42 Å². The van der Waals surface area contributed by atoms with Gasteiger partial charge < -0.3 is 4.42 Å². The first-order valence-corrected chi connectivity index (χ1v) is 10.7. The Morgan fingerprint density at radius 3 is 2.97 bits per heavy atom. The molecule has 0 aliphatic carbocycles. The molecule has 0 bridgehead atoms. The van der Waals surface area contributed by atoms with Crippen LogP contribution in [0, 0.1) is 0 Å². The van der Waals surface area contributed by atoms with Crippen molar-refractivity contribution in [3.63, 3.8) is 0 Å². The van der Waals surface area contributed by atoms with Gasteiger partial charge in [0.1, 0.15) is 5.58 Å². The van der Waals surface area contributed by atoms with E-state index in [-0.39, 0.29) is 0 Å². The Balaban J connectivity index is 1.42. The molecular weight excluding hydrogens is 429 g/mol. The topological polar surface area (TPSA) is 59.2 Å². The van der Waals surface area contributed by atoms with Crippen LogP contribution in [0.1, 0.15) is 16.8 Å². The summed E-state index contributed by atoms with van der Waals surface area (Å²) in [4.78, 5) is 25.0. The van der Waals surface area contributed by atoms with Crippen LogP contribution in [-0.4, -0.2) is 21.4 Å². The van der Waals surface area contributed by atoms with Crippen LogP contribution in [0.5, 0.6) is 0 Å². The van der Waals surface area contributed by atoms with E-state index < -0.39 is 5.63 Å². The molecule has 5 rings (SSSR count). The normalized spacial score (nSPS) is 14.3. The number of nitrogens with zero attached hydrogens (tertiary/aromatic N) is 3. The van der Waals surface area contributed by atoms with Crippen molar-refractivity contribution >= 4 is 45.5 Å². The zero-order chi connectivity index (χ0) is 20.0. The monoisotopic (exact) mass is 443 g/mol. The average Bonchev–Trinajstić information content (AvgIpc) is 3.26. The van der Waals surface area contributed by atoms with Crippen LogP contribution in [0.25, 0.3) is 21.7 Å². The molecule has 1 aliphatic heterocycles. The fourth-order valence-corrected chi connectivity index (χ4v) is 4.69. The molecule has 0 saturated heterocycles. The fraction of sp³-hybridized carbons (Fsp3) is 0.190. The van der Waals surface area contributed by atoms with E-state index in [2.05, 4.69) is 9.88 Å². The molecule has 0 unspecified atom stereocenters. The van der Waals surface area contributed by atoms with E-state index in [1.165, 1.54) is 0 Å². The number of hydrogen-bond acceptors (Lipinski definition) is 6. The smallest absolute Gasteiger partial charge is 0.342 e. The number of halogens is 2. The molecule has 0 spiro atoms. The molecule has 3 aromatic heterocycles. The Labute approximate surface area is 180 Å². The molecule has 0 atom stereocenters. The maximum atomic E-state index is 12.5. The molecular formula is C21H15Cl2N3O2S. The lowest BCUT2D eigenvalue weighted by atomic mass is 10.1. The van der Waals surface area contributed by atoms with Crippen molar-refractivity contribution in [2.45, 2.75) is 19.5 Å². The summed E-state index contributed by atoms with van der Waals surface area (Å²) >= 11 is 14.3. The van der Waals surface area contributed by atoms with Crippen LogP contribution in [0.2, 0.25) is 10.0 Å². The molecule has 0 fully saturated rings. The van der Waals surface area contributed by atoms with E-state index in [9.17, 15) is 4.79 Å². The summed E-state index contributed by atoms with van der Waals surface area (Å²) in [6.45, 7) is 1.83. The van der Waals surface area contributed by atoms with E-state index in [0.717, 1.165) is 34.9 Å². The summed E-state index contributed by atoms with van der Waals surface area (Å²) < 4.78 is 5.45. The highest BCUT2D eigenvalue weighted by molar-refractivity contribution is 7.13. The van der Waals surface area contributed by atoms with Gasteiger partial charge >= 0.3 is 5.63 Å². The summed E-state index contributed by atoms with van der Waals surface area (Å²) in [6, 6.07) is 9.08. The van der Waals surface area contributed by atoms with Crippen molar-refractivity contribution in [3.05, 3.63) is 79.2 Å². The van der Waals surface area contributed by atoms with Gasteiger partial charge in [-0.2, -0.15) is 0 Å². The fourth-order valence-electron chi connectivity index (χ4n) is 3.57. The van der Waals surface area contributed by atoms with Crippen molar-refractivity contribution in [2.75, 3.05) is 6.54 Å². The van der Waals surface area contributed by atoms with Gasteiger partial charge in [0, 0.05) is 48.2 Å². The lowest BCUT2D eigenvalue weighted by Gasteiger charge is -2.28. The largest absolute Gasteiger partial charge is 0.422 e. The quantitative estimate of drug-likeness (QED) is 0.408. The molecule has 4 aromatic rings. The van der Waals surface area contributed by atoms with Crippen molar-refractivity contribution in [1.82, 2.24) is 14.9 Å². The predicted octanol–water partition coefficient (Wildman–Crippen LogP) is 5.18. The lowest BCUT2D eigenvalue weighted by molar-refractivity contribution is 0.240. The van der Waals surface area contributed by atoms with Gasteiger partial charge in [-0.3, -0.25) is 4.90 Å². The number of thiophene rings is 1. The molecule has 29 heavy (non-hydrogen) atoms. The molecule has 0 radical (unpaired) electrons. The first-order valence-electron chi connectivity index (χ1n) is 9.10. The summed E-state index contributed by atoms with van der Waals surface area (Å²) in [6.07, 6.45) is 2.67. The van der Waals surface area contributed by atoms with E-state index >= 15 is 0 Å². The van der Waals surface area contributed by atoms with Crippen LogP contribution >= 0.6 is 34.5 Å². The molecule has 0 amide bonds. The number of benzene rings is 1. The number of rotatable bonds is 3. The highest BCUT2D eigenvalue weighted by atomic mass is 35.5. The molecule has 8 heteroatoms. The van der Waals surface area contributed by atoms with E-state index in [1.807, 2.05) is 23.7 Å². The lowest BCUT2D eigenvalue weighted by Crippen LogP contribution is -2.32. The first kappa shape index (κ1) is 18.8. The number of hydrogen-bond donors (Lipinski definition) is 0. The van der Waals surface area contributed by atoms with E-state index in [0.29, 0.717) is 39.7 Å². The highest BCUT2D eigenvalue weighted by Gasteiger charge is 2.22. The summed E-state index contributed by atoms with van der Waals surface area (Å²) in [5, 5.41) is 3.61. The maximum Gasteiger partial charge on any atom is 0.342 e. The maximum absolute atomic E-state index is 12.5. The van der Waals surface area contributed by atoms with E-state index in [4.69, 9.17) is 32.6 Å². The summed E-state index contributed by atoms with van der Waals surface area (Å²) in [5.74, 6) is 0.766. The van der Waals surface area contributed by atoms with Crippen molar-refractivity contribution in [2.24, 2.45) is 0 Å². The van der Waals surface area contributed by atoms with Gasteiger partial charge in [-0.1, -0.05) is 29.3 Å². The standard InChI is InChI=1S/C21H15Cl2N3O2S/c22-13-3-4-17-14(8-13)19(23)15(21(27)28-17)11-26-6-5-16-12(10-26)9-24-20(25-16)18-2-1-7-29-18/h1-4,7-9H,5-6,10-11H2. The summed E-state index contributed by atoms with van der Waals surface area (Å²) in [7, 11) is 0. The van der Waals surface area contributed by atoms with E-state index in [1.54, 1.807) is 29.5 Å². The SMILES string of the molecule is O=c1oc2ccc(Cl)cc2c(Cl)c1CN1CCc2nc(-c3cccs3)ncc2C1. The molecule has 146 valence electrons. The second kappa shape index (κ2) is 7.54. The molecule has 5 nitrogen and oxygen atoms in total. The number of aromatic nitrogens is 2. The second-order valence-corrected chi connectivity index (χ2v) is 8.69. The zero-order valence-electron chi connectivity index (χ0n) is 15.2.